The van der Waals surface area contributed by atoms with Crippen LogP contribution in [0.2, 0.25) is 0 Å². The summed E-state index contributed by atoms with van der Waals surface area (Å²) in [5.41, 5.74) is 3.46. The maximum atomic E-state index is 11.9. The summed E-state index contributed by atoms with van der Waals surface area (Å²) in [5.74, 6) is -2.73. The van der Waals surface area contributed by atoms with E-state index in [-0.39, 0.29) is 18.8 Å². The zero-order valence-electron chi connectivity index (χ0n) is 17.4. The van der Waals surface area contributed by atoms with E-state index in [0.717, 1.165) is 5.56 Å². The van der Waals surface area contributed by atoms with Crippen molar-refractivity contribution in [3.8, 4) is 0 Å². The van der Waals surface area contributed by atoms with E-state index in [1.54, 1.807) is 42.5 Å². The highest BCUT2D eigenvalue weighted by atomic mass is 16.3. The summed E-state index contributed by atoms with van der Waals surface area (Å²) in [7, 11) is 0. The summed E-state index contributed by atoms with van der Waals surface area (Å²) >= 11 is 0. The van der Waals surface area contributed by atoms with Crippen LogP contribution in [0, 0.1) is 0 Å². The molecule has 168 valence electrons. The molecule has 0 atom stereocenters. The molecule has 10 heteroatoms. The van der Waals surface area contributed by atoms with Gasteiger partial charge in [-0.1, -0.05) is 48.5 Å². The maximum Gasteiger partial charge on any atom is 0.329 e. The fourth-order valence-corrected chi connectivity index (χ4v) is 2.58. The molecule has 2 aromatic carbocycles. The molecule has 0 radical (unpaired) electrons. The number of amides is 4. The average molecular weight is 447 g/mol. The van der Waals surface area contributed by atoms with E-state index in [9.17, 15) is 19.2 Å². The maximum absolute atomic E-state index is 11.9. The van der Waals surface area contributed by atoms with Gasteiger partial charge in [0.1, 0.15) is 11.5 Å². The highest BCUT2D eigenvalue weighted by Crippen LogP contribution is 2.06. The molecule has 4 amide bonds. The Morgan fingerprint density at radius 1 is 0.727 bits per heavy atom. The second-order valence-electron chi connectivity index (χ2n) is 6.67. The number of nitrogens with zero attached hydrogens (tertiary/aromatic N) is 1. The number of nitrogens with one attached hydrogen (secondary N) is 4. The fraction of sp³-hybridized carbons (Fsp3) is 0.0870. The SMILES string of the molecule is O=C(NCc1ccccc1)C(=O)NN=Cc1ccc(CNC(=O)C(=O)Nc2ccccc2)o1. The Bertz CT molecular complexity index is 1140. The molecule has 0 saturated carbocycles. The lowest BCUT2D eigenvalue weighted by molar-refractivity contribution is -0.139. The Kier molecular flexibility index (Phi) is 8.07. The minimum absolute atomic E-state index is 0.0247. The number of hydrogen-bond donors (Lipinski definition) is 4. The highest BCUT2D eigenvalue weighted by Gasteiger charge is 2.14. The minimum atomic E-state index is -0.925. The van der Waals surface area contributed by atoms with Crippen molar-refractivity contribution in [3.05, 3.63) is 89.9 Å². The molecule has 4 N–H and O–H groups in total. The molecule has 33 heavy (non-hydrogen) atoms. The van der Waals surface area contributed by atoms with Crippen LogP contribution in [0.15, 0.2) is 82.3 Å². The number of benzene rings is 2. The van der Waals surface area contributed by atoms with Crippen LogP contribution in [0.25, 0.3) is 0 Å². The number of hydrogen-bond acceptors (Lipinski definition) is 6. The molecule has 0 aliphatic rings. The van der Waals surface area contributed by atoms with E-state index in [2.05, 4.69) is 26.5 Å². The van der Waals surface area contributed by atoms with Gasteiger partial charge in [0.25, 0.3) is 0 Å². The highest BCUT2D eigenvalue weighted by molar-refractivity contribution is 6.39. The Labute approximate surface area is 189 Å². The Morgan fingerprint density at radius 2 is 1.36 bits per heavy atom. The summed E-state index contributed by atoms with van der Waals surface area (Å²) < 4.78 is 5.43. The number of rotatable bonds is 7. The summed E-state index contributed by atoms with van der Waals surface area (Å²) in [6, 6.07) is 20.9. The van der Waals surface area contributed by atoms with Gasteiger partial charge in [0.2, 0.25) is 0 Å². The number of furan rings is 1. The molecule has 1 heterocycles. The second kappa shape index (κ2) is 11.6. The van der Waals surface area contributed by atoms with Crippen molar-refractivity contribution in [2.24, 2.45) is 5.10 Å². The molecule has 0 aliphatic heterocycles. The molecule has 10 nitrogen and oxygen atoms in total. The van der Waals surface area contributed by atoms with E-state index in [4.69, 9.17) is 4.42 Å². The van der Waals surface area contributed by atoms with E-state index in [1.165, 1.54) is 6.21 Å². The summed E-state index contributed by atoms with van der Waals surface area (Å²) in [6.07, 6.45) is 1.20. The standard InChI is InChI=1S/C23H21N5O5/c29-20(22(31)27-17-9-5-2-6-10-17)25-14-18-11-12-19(33-18)15-26-28-23(32)21(30)24-13-16-7-3-1-4-8-16/h1-12,15H,13-14H2,(H,24,30)(H,25,29)(H,27,31)(H,28,32). The van der Waals surface area contributed by atoms with Gasteiger partial charge in [0.05, 0.1) is 12.8 Å². The first-order chi connectivity index (χ1) is 16.0. The lowest BCUT2D eigenvalue weighted by Crippen LogP contribution is -2.37. The molecule has 0 saturated heterocycles. The van der Waals surface area contributed by atoms with Gasteiger partial charge in [0.15, 0.2) is 0 Å². The van der Waals surface area contributed by atoms with Gasteiger partial charge in [-0.3, -0.25) is 19.2 Å². The third kappa shape index (κ3) is 7.47. The molecule has 0 spiro atoms. The van der Waals surface area contributed by atoms with Gasteiger partial charge < -0.3 is 20.4 Å². The van der Waals surface area contributed by atoms with Crippen LogP contribution in [-0.2, 0) is 32.3 Å². The second-order valence-corrected chi connectivity index (χ2v) is 6.67. The largest absolute Gasteiger partial charge is 0.458 e. The number of anilines is 1. The van der Waals surface area contributed by atoms with Crippen molar-refractivity contribution < 1.29 is 23.6 Å². The molecule has 3 aromatic rings. The number of para-hydroxylation sites is 1. The van der Waals surface area contributed by atoms with Crippen molar-refractivity contribution in [2.45, 2.75) is 13.1 Å². The summed E-state index contributed by atoms with van der Waals surface area (Å²) in [6.45, 7) is 0.191. The Hall–Kier alpha value is -4.73. The lowest BCUT2D eigenvalue weighted by Gasteiger charge is -2.05. The Morgan fingerprint density at radius 3 is 2.09 bits per heavy atom. The van der Waals surface area contributed by atoms with E-state index in [1.807, 2.05) is 30.3 Å². The first-order valence-electron chi connectivity index (χ1n) is 9.89. The van der Waals surface area contributed by atoms with Crippen molar-refractivity contribution >= 4 is 35.5 Å². The lowest BCUT2D eigenvalue weighted by atomic mass is 10.2. The normalized spacial score (nSPS) is 10.4. The van der Waals surface area contributed by atoms with Gasteiger partial charge in [-0.2, -0.15) is 5.10 Å². The minimum Gasteiger partial charge on any atom is -0.458 e. The third-order valence-corrected chi connectivity index (χ3v) is 4.20. The van der Waals surface area contributed by atoms with Crippen LogP contribution < -0.4 is 21.4 Å². The van der Waals surface area contributed by atoms with Crippen molar-refractivity contribution in [1.82, 2.24) is 16.1 Å². The average Bonchev–Trinajstić information content (AvgIpc) is 3.29. The summed E-state index contributed by atoms with van der Waals surface area (Å²) in [5, 5.41) is 11.1. The van der Waals surface area contributed by atoms with Gasteiger partial charge in [-0.05, 0) is 29.8 Å². The van der Waals surface area contributed by atoms with Gasteiger partial charge in [-0.25, -0.2) is 5.43 Å². The van der Waals surface area contributed by atoms with E-state index < -0.39 is 23.6 Å². The molecule has 0 bridgehead atoms. The molecule has 0 aliphatic carbocycles. The topological polar surface area (TPSA) is 142 Å². The predicted octanol–water partition coefficient (Wildman–Crippen LogP) is 1.30. The van der Waals surface area contributed by atoms with Crippen LogP contribution >= 0.6 is 0 Å². The first kappa shape index (κ1) is 22.9. The van der Waals surface area contributed by atoms with E-state index in [0.29, 0.717) is 11.4 Å². The first-order valence-corrected chi connectivity index (χ1v) is 9.89. The monoisotopic (exact) mass is 447 g/mol. The number of carbonyl (C=O) groups excluding carboxylic acids is 4. The van der Waals surface area contributed by atoms with Gasteiger partial charge in [-0.15, -0.1) is 0 Å². The van der Waals surface area contributed by atoms with Crippen LogP contribution in [0.3, 0.4) is 0 Å². The molecule has 0 fully saturated rings. The number of hydrazone groups is 1. The predicted molar refractivity (Wildman–Crippen MR) is 120 cm³/mol. The number of carbonyl (C=O) groups is 4. The van der Waals surface area contributed by atoms with Crippen molar-refractivity contribution in [3.63, 3.8) is 0 Å². The zero-order chi connectivity index (χ0) is 23.5. The van der Waals surface area contributed by atoms with Crippen molar-refractivity contribution in [1.29, 1.82) is 0 Å². The Balaban J connectivity index is 1.39. The summed E-state index contributed by atoms with van der Waals surface area (Å²) in [4.78, 5) is 47.4. The fourth-order valence-electron chi connectivity index (χ4n) is 2.58. The van der Waals surface area contributed by atoms with Gasteiger partial charge >= 0.3 is 23.6 Å². The third-order valence-electron chi connectivity index (χ3n) is 4.20. The smallest absolute Gasteiger partial charge is 0.329 e. The van der Waals surface area contributed by atoms with Gasteiger partial charge in [0, 0.05) is 12.2 Å². The van der Waals surface area contributed by atoms with E-state index >= 15 is 0 Å². The molecule has 3 rings (SSSR count). The van der Waals surface area contributed by atoms with Crippen LogP contribution in [0.1, 0.15) is 17.1 Å². The molecular weight excluding hydrogens is 426 g/mol. The molecule has 1 aromatic heterocycles. The van der Waals surface area contributed by atoms with Crippen LogP contribution in [0.5, 0.6) is 0 Å². The van der Waals surface area contributed by atoms with Crippen LogP contribution in [0.4, 0.5) is 5.69 Å². The molecule has 0 unspecified atom stereocenters. The van der Waals surface area contributed by atoms with Crippen molar-refractivity contribution in [2.75, 3.05) is 5.32 Å². The van der Waals surface area contributed by atoms with Crippen LogP contribution in [-0.4, -0.2) is 29.8 Å². The molecular formula is C23H21N5O5. The zero-order valence-corrected chi connectivity index (χ0v) is 17.4. The quantitative estimate of drug-likeness (QED) is 0.245.